The number of unbranched alkanes of at least 4 members (excludes halogenated alkanes) is 9. The molecule has 36 heavy (non-hydrogen) atoms. The number of carbonyl (C=O) groups excluding carboxylic acids is 2. The van der Waals surface area contributed by atoms with Gasteiger partial charge in [0.1, 0.15) is 0 Å². The zero-order chi connectivity index (χ0) is 27.3. The van der Waals surface area contributed by atoms with E-state index in [1.54, 1.807) is 0 Å². The number of carbonyl (C=O) groups is 2. The molecule has 0 saturated carbocycles. The smallest absolute Gasteiger partial charge is 0.309 e. The van der Waals surface area contributed by atoms with E-state index in [1.807, 2.05) is 0 Å². The van der Waals surface area contributed by atoms with Crippen molar-refractivity contribution in [2.75, 3.05) is 13.2 Å². The van der Waals surface area contributed by atoms with Crippen LogP contribution in [0, 0.1) is 35.5 Å². The Labute approximate surface area is 225 Å². The molecule has 0 spiro atoms. The van der Waals surface area contributed by atoms with Gasteiger partial charge in [0.15, 0.2) is 0 Å². The third-order valence-corrected chi connectivity index (χ3v) is 7.37. The Morgan fingerprint density at radius 1 is 0.528 bits per heavy atom. The van der Waals surface area contributed by atoms with E-state index >= 15 is 0 Å². The Hall–Kier alpha value is -1.06. The van der Waals surface area contributed by atoms with Crippen LogP contribution in [0.4, 0.5) is 0 Å². The Bertz CT molecular complexity index is 538. The largest absolute Gasteiger partial charge is 0.466 e. The zero-order valence-corrected chi connectivity index (χ0v) is 25.4. The summed E-state index contributed by atoms with van der Waals surface area (Å²) in [6.07, 6.45) is 15.8. The molecule has 0 aliphatic rings. The predicted molar refractivity (Wildman–Crippen MR) is 153 cm³/mol. The maximum absolute atomic E-state index is 12.9. The lowest BCUT2D eigenvalue weighted by Crippen LogP contribution is -2.33. The molecule has 0 aromatic rings. The third kappa shape index (κ3) is 19.1. The van der Waals surface area contributed by atoms with Gasteiger partial charge in [-0.1, -0.05) is 113 Å². The second kappa shape index (κ2) is 22.0. The fraction of sp³-hybridized carbons (Fsp3) is 0.938. The van der Waals surface area contributed by atoms with Crippen molar-refractivity contribution in [2.24, 2.45) is 35.5 Å². The first-order chi connectivity index (χ1) is 17.1. The Balaban J connectivity index is 3.94. The first-order valence-corrected chi connectivity index (χ1v) is 15.4. The molecule has 0 fully saturated rings. The SMILES string of the molecule is CC(C)CCOC(=O)CCCCCCCCCCCCC(C(C)C)C(C(=O)OCCC(C)C)C(C)C. The average molecular weight is 511 g/mol. The van der Waals surface area contributed by atoms with Crippen LogP contribution in [-0.2, 0) is 19.1 Å². The van der Waals surface area contributed by atoms with Crippen molar-refractivity contribution in [1.29, 1.82) is 0 Å². The van der Waals surface area contributed by atoms with E-state index in [0.717, 1.165) is 32.1 Å². The van der Waals surface area contributed by atoms with Crippen molar-refractivity contribution in [3.63, 3.8) is 0 Å². The summed E-state index contributed by atoms with van der Waals surface area (Å²) in [7, 11) is 0. The van der Waals surface area contributed by atoms with E-state index in [2.05, 4.69) is 55.4 Å². The molecule has 2 unspecified atom stereocenters. The summed E-state index contributed by atoms with van der Waals surface area (Å²) in [4.78, 5) is 24.6. The van der Waals surface area contributed by atoms with Crippen molar-refractivity contribution in [3.8, 4) is 0 Å². The molecule has 0 radical (unpaired) electrons. The van der Waals surface area contributed by atoms with Gasteiger partial charge in [-0.25, -0.2) is 0 Å². The molecular weight excluding hydrogens is 448 g/mol. The number of rotatable bonds is 23. The number of ether oxygens (including phenoxy) is 2. The standard InChI is InChI=1S/C32H62O4/c1-25(2)21-23-35-30(33)20-18-16-14-12-10-9-11-13-15-17-19-29(27(5)6)31(28(7)8)32(34)36-24-22-26(3)4/h25-29,31H,9-24H2,1-8H3. The molecule has 0 aromatic carbocycles. The minimum atomic E-state index is -0.0295. The van der Waals surface area contributed by atoms with Gasteiger partial charge < -0.3 is 9.47 Å². The number of hydrogen-bond donors (Lipinski definition) is 0. The monoisotopic (exact) mass is 510 g/mol. The van der Waals surface area contributed by atoms with Gasteiger partial charge in [-0.3, -0.25) is 9.59 Å². The Kier molecular flexibility index (Phi) is 21.3. The quantitative estimate of drug-likeness (QED) is 0.101. The van der Waals surface area contributed by atoms with E-state index in [9.17, 15) is 9.59 Å². The molecule has 0 N–H and O–H groups in total. The van der Waals surface area contributed by atoms with Crippen molar-refractivity contribution >= 4 is 11.9 Å². The molecule has 0 bridgehead atoms. The second-order valence-electron chi connectivity index (χ2n) is 12.5. The molecule has 2 atom stereocenters. The highest BCUT2D eigenvalue weighted by molar-refractivity contribution is 5.73. The number of hydrogen-bond acceptors (Lipinski definition) is 4. The minimum Gasteiger partial charge on any atom is -0.466 e. The van der Waals surface area contributed by atoms with E-state index in [0.29, 0.717) is 49.2 Å². The lowest BCUT2D eigenvalue weighted by molar-refractivity contribution is -0.154. The van der Waals surface area contributed by atoms with Crippen LogP contribution in [-0.4, -0.2) is 25.2 Å². The van der Waals surface area contributed by atoms with Crippen molar-refractivity contribution < 1.29 is 19.1 Å². The van der Waals surface area contributed by atoms with Gasteiger partial charge in [-0.15, -0.1) is 0 Å². The highest BCUT2D eigenvalue weighted by Crippen LogP contribution is 2.33. The molecule has 4 nitrogen and oxygen atoms in total. The summed E-state index contributed by atoms with van der Waals surface area (Å²) in [6, 6.07) is 0. The Morgan fingerprint density at radius 3 is 1.42 bits per heavy atom. The van der Waals surface area contributed by atoms with Gasteiger partial charge in [-0.2, -0.15) is 0 Å². The molecule has 4 heteroatoms. The highest BCUT2D eigenvalue weighted by Gasteiger charge is 2.33. The van der Waals surface area contributed by atoms with Gasteiger partial charge in [-0.05, 0) is 55.3 Å². The molecule has 0 heterocycles. The second-order valence-corrected chi connectivity index (χ2v) is 12.5. The van der Waals surface area contributed by atoms with Gasteiger partial charge in [0.25, 0.3) is 0 Å². The van der Waals surface area contributed by atoms with Crippen LogP contribution in [0.2, 0.25) is 0 Å². The molecular formula is C32H62O4. The van der Waals surface area contributed by atoms with Gasteiger partial charge in [0.05, 0.1) is 19.1 Å². The van der Waals surface area contributed by atoms with Crippen molar-refractivity contribution in [2.45, 2.75) is 145 Å². The van der Waals surface area contributed by atoms with E-state index in [-0.39, 0.29) is 17.9 Å². The first-order valence-electron chi connectivity index (χ1n) is 15.4. The lowest BCUT2D eigenvalue weighted by Gasteiger charge is -2.31. The Morgan fingerprint density at radius 2 is 0.972 bits per heavy atom. The predicted octanol–water partition coefficient (Wildman–Crippen LogP) is 9.39. The minimum absolute atomic E-state index is 0.0130. The normalized spacial score (nSPS) is 13.6. The van der Waals surface area contributed by atoms with Crippen LogP contribution in [0.3, 0.4) is 0 Å². The van der Waals surface area contributed by atoms with Crippen molar-refractivity contribution in [1.82, 2.24) is 0 Å². The molecule has 0 aromatic heterocycles. The lowest BCUT2D eigenvalue weighted by atomic mass is 9.74. The maximum Gasteiger partial charge on any atom is 0.309 e. The molecule has 0 rings (SSSR count). The van der Waals surface area contributed by atoms with Gasteiger partial charge >= 0.3 is 11.9 Å². The topological polar surface area (TPSA) is 52.6 Å². The van der Waals surface area contributed by atoms with Crippen LogP contribution >= 0.6 is 0 Å². The fourth-order valence-electron chi connectivity index (χ4n) is 4.90. The third-order valence-electron chi connectivity index (χ3n) is 7.37. The van der Waals surface area contributed by atoms with Crippen LogP contribution in [0.1, 0.15) is 145 Å². The van der Waals surface area contributed by atoms with Crippen LogP contribution in [0.25, 0.3) is 0 Å². The van der Waals surface area contributed by atoms with Crippen LogP contribution in [0.15, 0.2) is 0 Å². The number of esters is 2. The summed E-state index contributed by atoms with van der Waals surface area (Å²) in [5, 5.41) is 0. The summed E-state index contributed by atoms with van der Waals surface area (Å²) in [5.41, 5.74) is 0. The average Bonchev–Trinajstić information content (AvgIpc) is 2.77. The van der Waals surface area contributed by atoms with Gasteiger partial charge in [0, 0.05) is 6.42 Å². The van der Waals surface area contributed by atoms with E-state index < -0.39 is 0 Å². The molecule has 0 saturated heterocycles. The molecule has 0 aliphatic heterocycles. The molecule has 0 amide bonds. The zero-order valence-electron chi connectivity index (χ0n) is 25.4. The summed E-state index contributed by atoms with van der Waals surface area (Å²) in [6.45, 7) is 18.6. The van der Waals surface area contributed by atoms with Crippen LogP contribution < -0.4 is 0 Å². The summed E-state index contributed by atoms with van der Waals surface area (Å²) in [5.74, 6) is 2.37. The fourth-order valence-corrected chi connectivity index (χ4v) is 4.90. The van der Waals surface area contributed by atoms with E-state index in [1.165, 1.54) is 51.4 Å². The van der Waals surface area contributed by atoms with Crippen molar-refractivity contribution in [3.05, 3.63) is 0 Å². The highest BCUT2D eigenvalue weighted by atomic mass is 16.5. The maximum atomic E-state index is 12.9. The van der Waals surface area contributed by atoms with E-state index in [4.69, 9.17) is 9.47 Å². The van der Waals surface area contributed by atoms with Gasteiger partial charge in [0.2, 0.25) is 0 Å². The summed E-state index contributed by atoms with van der Waals surface area (Å²) < 4.78 is 11.0. The molecule has 0 aliphatic carbocycles. The molecule has 214 valence electrons. The first kappa shape index (κ1) is 34.9. The van der Waals surface area contributed by atoms with Crippen LogP contribution in [0.5, 0.6) is 0 Å². The summed E-state index contributed by atoms with van der Waals surface area (Å²) >= 11 is 0.